The predicted octanol–water partition coefficient (Wildman–Crippen LogP) is 2.39. The van der Waals surface area contributed by atoms with Crippen LogP contribution >= 0.6 is 34.1 Å². The molecule has 5 heteroatoms. The van der Waals surface area contributed by atoms with Gasteiger partial charge < -0.3 is 5.73 Å². The van der Waals surface area contributed by atoms with Gasteiger partial charge in [0.05, 0.1) is 0 Å². The average Bonchev–Trinajstić information content (AvgIpc) is 2.53. The first kappa shape index (κ1) is 8.89. The lowest BCUT2D eigenvalue weighted by molar-refractivity contribution is 1.33. The molecule has 0 saturated carbocycles. The summed E-state index contributed by atoms with van der Waals surface area (Å²) in [5.74, 6) is 0.707. The van der Waals surface area contributed by atoms with Gasteiger partial charge in [-0.05, 0) is 34.7 Å². The number of nitrogens with two attached hydrogens (primary N) is 1. The molecule has 0 unspecified atom stereocenters. The molecule has 0 aliphatic heterocycles. The highest BCUT2D eigenvalue weighted by Gasteiger charge is 2.02. The van der Waals surface area contributed by atoms with Crippen molar-refractivity contribution < 1.29 is 0 Å². The Bertz CT molecular complexity index is 410. The molecule has 0 spiro atoms. The van der Waals surface area contributed by atoms with Crippen LogP contribution in [0.3, 0.4) is 0 Å². The van der Waals surface area contributed by atoms with Gasteiger partial charge in [-0.2, -0.15) is 9.36 Å². The van der Waals surface area contributed by atoms with E-state index in [1.54, 1.807) is 0 Å². The summed E-state index contributed by atoms with van der Waals surface area (Å²) < 4.78 is 5.32. The molecule has 1 heterocycles. The van der Waals surface area contributed by atoms with E-state index in [1.165, 1.54) is 15.1 Å². The number of benzene rings is 1. The number of rotatable bonds is 1. The fourth-order valence-corrected chi connectivity index (χ4v) is 1.76. The topological polar surface area (TPSA) is 51.8 Å². The zero-order valence-electron chi connectivity index (χ0n) is 6.57. The molecule has 0 bridgehead atoms. The number of aromatic nitrogens is 2. The smallest absolute Gasteiger partial charge is 0.200 e. The molecule has 1 aromatic heterocycles. The van der Waals surface area contributed by atoms with Gasteiger partial charge in [-0.3, -0.25) is 0 Å². The summed E-state index contributed by atoms with van der Waals surface area (Å²) >= 11 is 3.48. The van der Waals surface area contributed by atoms with Crippen LogP contribution in [-0.2, 0) is 0 Å². The van der Waals surface area contributed by atoms with Gasteiger partial charge in [-0.15, -0.1) is 0 Å². The van der Waals surface area contributed by atoms with E-state index in [9.17, 15) is 0 Å². The SMILES string of the molecule is Nc1nc(-c2ccc(I)cc2)ns1. The molecule has 0 atom stereocenters. The van der Waals surface area contributed by atoms with Crippen LogP contribution in [0.25, 0.3) is 11.4 Å². The summed E-state index contributed by atoms with van der Waals surface area (Å²) in [6.07, 6.45) is 0. The molecule has 1 aromatic carbocycles. The Balaban J connectivity index is 2.41. The first-order chi connectivity index (χ1) is 6.25. The molecule has 0 saturated heterocycles. The van der Waals surface area contributed by atoms with Crippen molar-refractivity contribution >= 4 is 39.3 Å². The maximum Gasteiger partial charge on any atom is 0.200 e. The standard InChI is InChI=1S/C8H6IN3S/c9-6-3-1-5(2-4-6)7-11-8(10)13-12-7/h1-4H,(H2,10,11,12). The van der Waals surface area contributed by atoms with Crippen LogP contribution in [0.5, 0.6) is 0 Å². The number of hydrogen-bond acceptors (Lipinski definition) is 4. The average molecular weight is 303 g/mol. The molecule has 0 amide bonds. The van der Waals surface area contributed by atoms with Gasteiger partial charge in [0.2, 0.25) is 0 Å². The molecular formula is C8H6IN3S. The Kier molecular flexibility index (Phi) is 2.45. The third kappa shape index (κ3) is 1.97. The van der Waals surface area contributed by atoms with Crippen LogP contribution < -0.4 is 5.73 Å². The maximum atomic E-state index is 5.49. The van der Waals surface area contributed by atoms with Crippen molar-refractivity contribution in [3.05, 3.63) is 27.8 Å². The minimum absolute atomic E-state index is 0.508. The van der Waals surface area contributed by atoms with E-state index in [0.29, 0.717) is 11.0 Å². The summed E-state index contributed by atoms with van der Waals surface area (Å²) in [5.41, 5.74) is 6.50. The highest BCUT2D eigenvalue weighted by atomic mass is 127. The van der Waals surface area contributed by atoms with Crippen LogP contribution in [0.15, 0.2) is 24.3 Å². The highest BCUT2D eigenvalue weighted by molar-refractivity contribution is 14.1. The van der Waals surface area contributed by atoms with E-state index in [0.717, 1.165) is 5.56 Å². The molecular weight excluding hydrogens is 297 g/mol. The van der Waals surface area contributed by atoms with Crippen molar-refractivity contribution in [2.24, 2.45) is 0 Å². The fraction of sp³-hybridized carbons (Fsp3) is 0. The summed E-state index contributed by atoms with van der Waals surface area (Å²) in [6.45, 7) is 0. The summed E-state index contributed by atoms with van der Waals surface area (Å²) in [4.78, 5) is 4.09. The van der Waals surface area contributed by atoms with Gasteiger partial charge >= 0.3 is 0 Å². The molecule has 2 aromatic rings. The van der Waals surface area contributed by atoms with Crippen LogP contribution in [-0.4, -0.2) is 9.36 Å². The van der Waals surface area contributed by atoms with Crippen molar-refractivity contribution in [1.29, 1.82) is 0 Å². The molecule has 0 radical (unpaired) electrons. The largest absolute Gasteiger partial charge is 0.374 e. The second kappa shape index (κ2) is 3.59. The third-order valence-corrected chi connectivity index (χ3v) is 2.81. The Hall–Kier alpha value is -0.690. The number of anilines is 1. The van der Waals surface area contributed by atoms with E-state index in [2.05, 4.69) is 31.9 Å². The Morgan fingerprint density at radius 1 is 1.23 bits per heavy atom. The van der Waals surface area contributed by atoms with Crippen molar-refractivity contribution in [3.63, 3.8) is 0 Å². The zero-order valence-corrected chi connectivity index (χ0v) is 9.54. The Labute approximate surface area is 93.3 Å². The van der Waals surface area contributed by atoms with E-state index < -0.39 is 0 Å². The second-order valence-corrected chi connectivity index (χ2v) is 4.49. The van der Waals surface area contributed by atoms with Gasteiger partial charge in [-0.1, -0.05) is 12.1 Å². The minimum Gasteiger partial charge on any atom is -0.374 e. The quantitative estimate of drug-likeness (QED) is 0.823. The van der Waals surface area contributed by atoms with Gasteiger partial charge in [-0.25, -0.2) is 0 Å². The number of nitrogens with zero attached hydrogens (tertiary/aromatic N) is 2. The summed E-state index contributed by atoms with van der Waals surface area (Å²) in [6, 6.07) is 8.02. The Morgan fingerprint density at radius 2 is 1.92 bits per heavy atom. The zero-order chi connectivity index (χ0) is 9.26. The van der Waals surface area contributed by atoms with E-state index in [-0.39, 0.29) is 0 Å². The van der Waals surface area contributed by atoms with Crippen molar-refractivity contribution in [1.82, 2.24) is 9.36 Å². The van der Waals surface area contributed by atoms with Gasteiger partial charge in [0, 0.05) is 20.7 Å². The fourth-order valence-electron chi connectivity index (χ4n) is 0.951. The molecule has 2 rings (SSSR count). The van der Waals surface area contributed by atoms with Crippen LogP contribution in [0.4, 0.5) is 5.13 Å². The van der Waals surface area contributed by atoms with Crippen LogP contribution in [0.2, 0.25) is 0 Å². The van der Waals surface area contributed by atoms with Crippen molar-refractivity contribution in [2.45, 2.75) is 0 Å². The van der Waals surface area contributed by atoms with Gasteiger partial charge in [0.15, 0.2) is 11.0 Å². The molecule has 0 fully saturated rings. The number of hydrogen-bond donors (Lipinski definition) is 1. The van der Waals surface area contributed by atoms with E-state index >= 15 is 0 Å². The summed E-state index contributed by atoms with van der Waals surface area (Å²) in [7, 11) is 0. The first-order valence-electron chi connectivity index (χ1n) is 3.61. The van der Waals surface area contributed by atoms with Crippen molar-refractivity contribution in [2.75, 3.05) is 5.73 Å². The van der Waals surface area contributed by atoms with E-state index in [1.807, 2.05) is 24.3 Å². The Morgan fingerprint density at radius 3 is 2.46 bits per heavy atom. The van der Waals surface area contributed by atoms with Crippen LogP contribution in [0, 0.1) is 3.57 Å². The molecule has 66 valence electrons. The van der Waals surface area contributed by atoms with Crippen molar-refractivity contribution in [3.8, 4) is 11.4 Å². The lowest BCUT2D eigenvalue weighted by Crippen LogP contribution is -1.83. The maximum absolute atomic E-state index is 5.49. The molecule has 0 aliphatic carbocycles. The number of nitrogen functional groups attached to an aromatic ring is 1. The van der Waals surface area contributed by atoms with Crippen LogP contribution in [0.1, 0.15) is 0 Å². The monoisotopic (exact) mass is 303 g/mol. The molecule has 2 N–H and O–H groups in total. The molecule has 0 aliphatic rings. The third-order valence-electron chi connectivity index (χ3n) is 1.54. The van der Waals surface area contributed by atoms with Gasteiger partial charge in [0.25, 0.3) is 0 Å². The second-order valence-electron chi connectivity index (χ2n) is 2.46. The molecule has 3 nitrogen and oxygen atoms in total. The predicted molar refractivity (Wildman–Crippen MR) is 62.5 cm³/mol. The van der Waals surface area contributed by atoms with E-state index in [4.69, 9.17) is 5.73 Å². The van der Waals surface area contributed by atoms with Gasteiger partial charge in [0.1, 0.15) is 0 Å². The highest BCUT2D eigenvalue weighted by Crippen LogP contribution is 2.19. The lowest BCUT2D eigenvalue weighted by Gasteiger charge is -1.93. The normalized spacial score (nSPS) is 10.2. The lowest BCUT2D eigenvalue weighted by atomic mass is 10.2. The molecule has 13 heavy (non-hydrogen) atoms. The first-order valence-corrected chi connectivity index (χ1v) is 5.46. The number of halogens is 1. The summed E-state index contributed by atoms with van der Waals surface area (Å²) in [5, 5.41) is 0.508. The minimum atomic E-state index is 0.508.